The number of aromatic nitrogens is 2. The van der Waals surface area contributed by atoms with Crippen molar-refractivity contribution in [2.75, 3.05) is 20.2 Å². The Kier molecular flexibility index (Phi) is 8.06. The Morgan fingerprint density at radius 3 is 2.66 bits per heavy atom. The van der Waals surface area contributed by atoms with Crippen molar-refractivity contribution in [1.29, 1.82) is 0 Å². The third-order valence-electron chi connectivity index (χ3n) is 5.59. The number of rotatable bonds is 9. The van der Waals surface area contributed by atoms with E-state index >= 15 is 0 Å². The molecule has 0 saturated carbocycles. The molecule has 0 aliphatic heterocycles. The second kappa shape index (κ2) is 11.0. The molecule has 1 N–H and O–H groups in total. The quantitative estimate of drug-likeness (QED) is 0.463. The van der Waals surface area contributed by atoms with Crippen LogP contribution in [0.25, 0.3) is 11.1 Å². The number of ether oxygens (including phenoxy) is 1. The van der Waals surface area contributed by atoms with Crippen LogP contribution in [0.15, 0.2) is 59.9 Å². The molecule has 0 aliphatic rings. The third kappa shape index (κ3) is 6.56. The number of nitrogens with zero attached hydrogens (tertiary/aromatic N) is 3. The van der Waals surface area contributed by atoms with Crippen LogP contribution < -0.4 is 10.1 Å². The number of hydrogen-bond acceptors (Lipinski definition) is 6. The van der Waals surface area contributed by atoms with Crippen LogP contribution in [-0.4, -0.2) is 47.1 Å². The van der Waals surface area contributed by atoms with Gasteiger partial charge < -0.3 is 19.5 Å². The number of nitrogens with one attached hydrogen (secondary N) is 1. The topological polar surface area (TPSA) is 97.6 Å². The summed E-state index contributed by atoms with van der Waals surface area (Å²) in [4.78, 5) is 29.9. The summed E-state index contributed by atoms with van der Waals surface area (Å²) in [7, 11) is 1.70. The Bertz CT molecular complexity index is 1210. The summed E-state index contributed by atoms with van der Waals surface area (Å²) in [6, 6.07) is 9.58. The standard InChI is InChI=1S/C27H32N4O4/c1-7-25(32)31(6)12-13-34-23-17-28-11-10-21(23)19-8-9-20(18(2)14-19)16-29-26(33)22-15-24(35-30-22)27(3,4)5/h7-11,14-15,17H,1,12-13,16H2,2-6H3,(H,29,33). The van der Waals surface area contributed by atoms with Gasteiger partial charge in [0.2, 0.25) is 5.91 Å². The van der Waals surface area contributed by atoms with E-state index in [4.69, 9.17) is 9.26 Å². The third-order valence-corrected chi connectivity index (χ3v) is 5.59. The van der Waals surface area contributed by atoms with Crippen molar-refractivity contribution < 1.29 is 18.8 Å². The highest BCUT2D eigenvalue weighted by molar-refractivity contribution is 5.92. The first kappa shape index (κ1) is 25.7. The average molecular weight is 477 g/mol. The first-order valence-corrected chi connectivity index (χ1v) is 11.4. The summed E-state index contributed by atoms with van der Waals surface area (Å²) < 4.78 is 11.2. The van der Waals surface area contributed by atoms with E-state index in [2.05, 4.69) is 22.0 Å². The fraction of sp³-hybridized carbons (Fsp3) is 0.333. The Morgan fingerprint density at radius 1 is 1.23 bits per heavy atom. The molecule has 0 spiro atoms. The number of carbonyl (C=O) groups is 2. The lowest BCUT2D eigenvalue weighted by Crippen LogP contribution is -2.29. The number of hydrogen-bond donors (Lipinski definition) is 1. The van der Waals surface area contributed by atoms with Crippen LogP contribution >= 0.6 is 0 Å². The highest BCUT2D eigenvalue weighted by Crippen LogP contribution is 2.30. The van der Waals surface area contributed by atoms with Crippen LogP contribution in [0.3, 0.4) is 0 Å². The number of benzene rings is 1. The molecule has 2 aromatic heterocycles. The average Bonchev–Trinajstić information content (AvgIpc) is 3.34. The van der Waals surface area contributed by atoms with Gasteiger partial charge in [-0.25, -0.2) is 0 Å². The van der Waals surface area contributed by atoms with E-state index in [1.807, 2.05) is 52.0 Å². The predicted molar refractivity (Wildman–Crippen MR) is 134 cm³/mol. The van der Waals surface area contributed by atoms with Gasteiger partial charge in [0, 0.05) is 36.8 Å². The Labute approximate surface area is 206 Å². The van der Waals surface area contributed by atoms with E-state index in [9.17, 15) is 9.59 Å². The van der Waals surface area contributed by atoms with Crippen LogP contribution in [0.1, 0.15) is 48.1 Å². The number of amides is 2. The SMILES string of the molecule is C=CC(=O)N(C)CCOc1cnccc1-c1ccc(CNC(=O)c2cc(C(C)(C)C)on2)c(C)c1. The minimum absolute atomic E-state index is 0.156. The molecule has 0 saturated heterocycles. The van der Waals surface area contributed by atoms with Crippen molar-refractivity contribution in [2.45, 2.75) is 39.7 Å². The molecule has 184 valence electrons. The Hall–Kier alpha value is -3.94. The molecule has 2 amide bonds. The smallest absolute Gasteiger partial charge is 0.273 e. The summed E-state index contributed by atoms with van der Waals surface area (Å²) >= 11 is 0. The van der Waals surface area contributed by atoms with Crippen LogP contribution in [-0.2, 0) is 16.8 Å². The van der Waals surface area contributed by atoms with Gasteiger partial charge in [-0.1, -0.05) is 50.7 Å². The Morgan fingerprint density at radius 2 is 2.00 bits per heavy atom. The summed E-state index contributed by atoms with van der Waals surface area (Å²) in [5, 5.41) is 6.81. The molecule has 0 aliphatic carbocycles. The second-order valence-electron chi connectivity index (χ2n) is 9.33. The number of pyridine rings is 1. The van der Waals surface area contributed by atoms with E-state index < -0.39 is 0 Å². The van der Waals surface area contributed by atoms with Gasteiger partial charge >= 0.3 is 0 Å². The molecule has 3 rings (SSSR count). The highest BCUT2D eigenvalue weighted by Gasteiger charge is 2.22. The van der Waals surface area contributed by atoms with Crippen molar-refractivity contribution in [3.05, 3.63) is 78.0 Å². The zero-order chi connectivity index (χ0) is 25.6. The Balaban J connectivity index is 1.66. The van der Waals surface area contributed by atoms with Crippen LogP contribution in [0, 0.1) is 6.92 Å². The fourth-order valence-electron chi connectivity index (χ4n) is 3.36. The molecule has 35 heavy (non-hydrogen) atoms. The van der Waals surface area contributed by atoms with Gasteiger partial charge in [0.1, 0.15) is 18.1 Å². The van der Waals surface area contributed by atoms with Gasteiger partial charge in [0.15, 0.2) is 5.69 Å². The first-order valence-electron chi connectivity index (χ1n) is 11.4. The molecule has 0 radical (unpaired) electrons. The normalized spacial score (nSPS) is 11.1. The van der Waals surface area contributed by atoms with Gasteiger partial charge in [-0.2, -0.15) is 0 Å². The minimum atomic E-state index is -0.280. The minimum Gasteiger partial charge on any atom is -0.489 e. The van der Waals surface area contributed by atoms with Gasteiger partial charge in [-0.3, -0.25) is 14.6 Å². The monoisotopic (exact) mass is 476 g/mol. The van der Waals surface area contributed by atoms with Crippen LogP contribution in [0.4, 0.5) is 0 Å². The summed E-state index contributed by atoms with van der Waals surface area (Å²) in [6.45, 7) is 12.6. The van der Waals surface area contributed by atoms with E-state index in [1.165, 1.54) is 6.08 Å². The first-order chi connectivity index (χ1) is 16.6. The fourth-order valence-corrected chi connectivity index (χ4v) is 3.36. The molecule has 0 atom stereocenters. The molecule has 0 unspecified atom stereocenters. The number of aryl methyl sites for hydroxylation is 1. The predicted octanol–water partition coefficient (Wildman–Crippen LogP) is 4.30. The molecule has 3 aromatic rings. The molecule has 8 heteroatoms. The number of likely N-dealkylation sites (N-methyl/N-ethyl adjacent to an activating group) is 1. The largest absolute Gasteiger partial charge is 0.489 e. The van der Waals surface area contributed by atoms with Gasteiger partial charge in [-0.15, -0.1) is 0 Å². The van der Waals surface area contributed by atoms with E-state index in [0.717, 1.165) is 22.3 Å². The van der Waals surface area contributed by atoms with Crippen LogP contribution in [0.2, 0.25) is 0 Å². The van der Waals surface area contributed by atoms with Crippen molar-refractivity contribution in [2.24, 2.45) is 0 Å². The summed E-state index contributed by atoms with van der Waals surface area (Å²) in [6.07, 6.45) is 4.65. The second-order valence-corrected chi connectivity index (χ2v) is 9.33. The zero-order valence-corrected chi connectivity index (χ0v) is 20.9. The maximum absolute atomic E-state index is 12.5. The van der Waals surface area contributed by atoms with Gasteiger partial charge in [0.05, 0.1) is 12.7 Å². The lowest BCUT2D eigenvalue weighted by molar-refractivity contribution is -0.125. The van der Waals surface area contributed by atoms with Gasteiger partial charge in [0.25, 0.3) is 5.91 Å². The molecule has 1 aromatic carbocycles. The highest BCUT2D eigenvalue weighted by atomic mass is 16.5. The van der Waals surface area contributed by atoms with Gasteiger partial charge in [-0.05, 0) is 35.8 Å². The van der Waals surface area contributed by atoms with E-state index in [0.29, 0.717) is 31.2 Å². The van der Waals surface area contributed by atoms with Crippen molar-refractivity contribution in [3.63, 3.8) is 0 Å². The summed E-state index contributed by atoms with van der Waals surface area (Å²) in [5.41, 5.74) is 3.93. The van der Waals surface area contributed by atoms with Crippen molar-refractivity contribution in [3.8, 4) is 16.9 Å². The zero-order valence-electron chi connectivity index (χ0n) is 20.9. The maximum atomic E-state index is 12.5. The van der Waals surface area contributed by atoms with E-state index in [-0.39, 0.29) is 22.9 Å². The van der Waals surface area contributed by atoms with Crippen LogP contribution in [0.5, 0.6) is 5.75 Å². The molecule has 0 bridgehead atoms. The van der Waals surface area contributed by atoms with E-state index in [1.54, 1.807) is 30.4 Å². The summed E-state index contributed by atoms with van der Waals surface area (Å²) in [5.74, 6) is 0.861. The molecular weight excluding hydrogens is 444 g/mol. The number of carbonyl (C=O) groups excluding carboxylic acids is 2. The van der Waals surface area contributed by atoms with Crippen molar-refractivity contribution in [1.82, 2.24) is 20.4 Å². The lowest BCUT2D eigenvalue weighted by atomic mass is 9.93. The molecule has 8 nitrogen and oxygen atoms in total. The lowest BCUT2D eigenvalue weighted by Gasteiger charge is -2.17. The molecule has 0 fully saturated rings. The van der Waals surface area contributed by atoms with Crippen molar-refractivity contribution >= 4 is 11.8 Å². The maximum Gasteiger partial charge on any atom is 0.273 e. The molecule has 2 heterocycles. The molecular formula is C27H32N4O4.